The highest BCUT2D eigenvalue weighted by Gasteiger charge is 2.44. The van der Waals surface area contributed by atoms with Gasteiger partial charge in [-0.25, -0.2) is 4.79 Å². The lowest BCUT2D eigenvalue weighted by Crippen LogP contribution is -2.50. The van der Waals surface area contributed by atoms with Gasteiger partial charge in [-0.1, -0.05) is 25.1 Å². The molecule has 2 fully saturated rings. The average molecular weight is 348 g/mol. The third-order valence-corrected chi connectivity index (χ3v) is 6.24. The summed E-state index contributed by atoms with van der Waals surface area (Å²) in [6, 6.07) is 10.1. The highest BCUT2D eigenvalue weighted by molar-refractivity contribution is 8.01. The summed E-state index contributed by atoms with van der Waals surface area (Å²) in [4.78, 5) is 26.6. The largest absolute Gasteiger partial charge is 0.481 e. The van der Waals surface area contributed by atoms with Gasteiger partial charge in [-0.05, 0) is 37.3 Å². The van der Waals surface area contributed by atoms with E-state index in [-0.39, 0.29) is 16.7 Å². The molecule has 2 unspecified atom stereocenters. The average Bonchev–Trinajstić information content (AvgIpc) is 3.33. The maximum Gasteiger partial charge on any atom is 0.317 e. The first-order valence-electron chi connectivity index (χ1n) is 8.47. The van der Waals surface area contributed by atoms with Crippen LogP contribution in [-0.4, -0.2) is 46.4 Å². The van der Waals surface area contributed by atoms with Gasteiger partial charge in [0, 0.05) is 29.3 Å². The zero-order valence-corrected chi connectivity index (χ0v) is 14.7. The van der Waals surface area contributed by atoms with Gasteiger partial charge in [0.1, 0.15) is 0 Å². The van der Waals surface area contributed by atoms with E-state index in [9.17, 15) is 14.7 Å². The first-order valence-corrected chi connectivity index (χ1v) is 9.29. The van der Waals surface area contributed by atoms with Crippen LogP contribution in [0.4, 0.5) is 4.79 Å². The SMILES string of the molecule is CC1CC(C(=O)O)CN(C(=O)NCC2(Sc3ccccc3)CC2)C1. The van der Waals surface area contributed by atoms with Gasteiger partial charge < -0.3 is 15.3 Å². The Labute approximate surface area is 146 Å². The third-order valence-electron chi connectivity index (χ3n) is 4.74. The molecule has 1 aromatic carbocycles. The molecule has 0 radical (unpaired) electrons. The predicted octanol–water partition coefficient (Wildman–Crippen LogP) is 3.06. The number of nitrogens with one attached hydrogen (secondary N) is 1. The number of nitrogens with zero attached hydrogens (tertiary/aromatic N) is 1. The number of likely N-dealkylation sites (tertiary alicyclic amines) is 1. The predicted molar refractivity (Wildman–Crippen MR) is 94.1 cm³/mol. The van der Waals surface area contributed by atoms with Crippen LogP contribution in [0.15, 0.2) is 35.2 Å². The Balaban J connectivity index is 1.52. The van der Waals surface area contributed by atoms with Crippen LogP contribution < -0.4 is 5.32 Å². The molecule has 24 heavy (non-hydrogen) atoms. The second-order valence-corrected chi connectivity index (χ2v) is 8.58. The molecule has 5 nitrogen and oxygen atoms in total. The second kappa shape index (κ2) is 7.05. The maximum atomic E-state index is 12.5. The number of hydrogen-bond acceptors (Lipinski definition) is 3. The molecule has 3 rings (SSSR count). The number of carboxylic acids is 1. The number of carboxylic acid groups (broad SMARTS) is 1. The van der Waals surface area contributed by atoms with E-state index >= 15 is 0 Å². The Bertz CT molecular complexity index is 604. The zero-order valence-electron chi connectivity index (χ0n) is 13.9. The van der Waals surface area contributed by atoms with Gasteiger partial charge in [-0.3, -0.25) is 4.79 Å². The maximum absolute atomic E-state index is 12.5. The van der Waals surface area contributed by atoms with E-state index in [0.29, 0.717) is 26.1 Å². The van der Waals surface area contributed by atoms with Crippen molar-refractivity contribution >= 4 is 23.8 Å². The molecule has 1 heterocycles. The second-order valence-electron chi connectivity index (χ2n) is 7.04. The summed E-state index contributed by atoms with van der Waals surface area (Å²) in [6.45, 7) is 3.58. The van der Waals surface area contributed by atoms with E-state index in [0.717, 1.165) is 12.8 Å². The lowest BCUT2D eigenvalue weighted by Gasteiger charge is -2.35. The lowest BCUT2D eigenvalue weighted by atomic mass is 9.91. The van der Waals surface area contributed by atoms with E-state index in [1.165, 1.54) is 4.90 Å². The van der Waals surface area contributed by atoms with Crippen molar-refractivity contribution in [2.24, 2.45) is 11.8 Å². The van der Waals surface area contributed by atoms with Crippen molar-refractivity contribution in [3.8, 4) is 0 Å². The van der Waals surface area contributed by atoms with Gasteiger partial charge >= 0.3 is 12.0 Å². The van der Waals surface area contributed by atoms with Crippen molar-refractivity contribution in [3.63, 3.8) is 0 Å². The highest BCUT2D eigenvalue weighted by atomic mass is 32.2. The molecule has 130 valence electrons. The van der Waals surface area contributed by atoms with Crippen molar-refractivity contribution in [1.82, 2.24) is 10.2 Å². The van der Waals surface area contributed by atoms with Crippen LogP contribution in [0.25, 0.3) is 0 Å². The molecule has 1 aliphatic carbocycles. The normalized spacial score (nSPS) is 25.1. The number of aliphatic carboxylic acids is 1. The Hall–Kier alpha value is -1.69. The van der Waals surface area contributed by atoms with Gasteiger partial charge in [0.25, 0.3) is 0 Å². The molecule has 2 amide bonds. The van der Waals surface area contributed by atoms with Crippen molar-refractivity contribution < 1.29 is 14.7 Å². The monoisotopic (exact) mass is 348 g/mol. The van der Waals surface area contributed by atoms with Crippen LogP contribution in [0.1, 0.15) is 26.2 Å². The molecule has 2 atom stereocenters. The number of hydrogen-bond donors (Lipinski definition) is 2. The van der Waals surface area contributed by atoms with Gasteiger partial charge in [-0.2, -0.15) is 0 Å². The summed E-state index contributed by atoms with van der Waals surface area (Å²) in [5.41, 5.74) is 0. The molecule has 1 aromatic rings. The van der Waals surface area contributed by atoms with E-state index < -0.39 is 11.9 Å². The molecular formula is C18H24N2O3S. The standard InChI is InChI=1S/C18H24N2O3S/c1-13-9-14(16(21)22)11-20(10-13)17(23)19-12-18(7-8-18)24-15-5-3-2-4-6-15/h2-6,13-14H,7-12H2,1H3,(H,19,23)(H,21,22). The topological polar surface area (TPSA) is 69.6 Å². The molecule has 0 spiro atoms. The number of benzene rings is 1. The van der Waals surface area contributed by atoms with Crippen LogP contribution >= 0.6 is 11.8 Å². The van der Waals surface area contributed by atoms with E-state index in [4.69, 9.17) is 0 Å². The van der Waals surface area contributed by atoms with Crippen molar-refractivity contribution in [3.05, 3.63) is 30.3 Å². The number of urea groups is 1. The van der Waals surface area contributed by atoms with Crippen LogP contribution in [0.5, 0.6) is 0 Å². The van der Waals surface area contributed by atoms with Crippen molar-refractivity contribution in [2.75, 3.05) is 19.6 Å². The summed E-state index contributed by atoms with van der Waals surface area (Å²) in [7, 11) is 0. The molecule has 1 aliphatic heterocycles. The summed E-state index contributed by atoms with van der Waals surface area (Å²) in [6.07, 6.45) is 2.84. The fraction of sp³-hybridized carbons (Fsp3) is 0.556. The van der Waals surface area contributed by atoms with Gasteiger partial charge in [0.15, 0.2) is 0 Å². The van der Waals surface area contributed by atoms with E-state index in [1.807, 2.05) is 36.9 Å². The van der Waals surface area contributed by atoms with Crippen LogP contribution in [-0.2, 0) is 4.79 Å². The zero-order chi connectivity index (χ0) is 17.2. The minimum absolute atomic E-state index is 0.102. The summed E-state index contributed by atoms with van der Waals surface area (Å²) in [5, 5.41) is 12.3. The molecule has 2 N–H and O–H groups in total. The van der Waals surface area contributed by atoms with Crippen LogP contribution in [0.2, 0.25) is 0 Å². The summed E-state index contributed by atoms with van der Waals surface area (Å²) < 4.78 is 0.102. The van der Waals surface area contributed by atoms with Gasteiger partial charge in [0.05, 0.1) is 5.92 Å². The Kier molecular flexibility index (Phi) is 5.04. The molecule has 1 saturated heterocycles. The van der Waals surface area contributed by atoms with Crippen LogP contribution in [0.3, 0.4) is 0 Å². The van der Waals surface area contributed by atoms with Crippen molar-refractivity contribution in [1.29, 1.82) is 0 Å². The fourth-order valence-electron chi connectivity index (χ4n) is 3.24. The van der Waals surface area contributed by atoms with Gasteiger partial charge in [-0.15, -0.1) is 11.8 Å². The molecule has 6 heteroatoms. The van der Waals surface area contributed by atoms with Crippen LogP contribution in [0, 0.1) is 11.8 Å². The minimum atomic E-state index is -0.808. The number of thioether (sulfide) groups is 1. The van der Waals surface area contributed by atoms with Crippen molar-refractivity contribution in [2.45, 2.75) is 35.8 Å². The van der Waals surface area contributed by atoms with E-state index in [2.05, 4.69) is 17.4 Å². The molecule has 1 saturated carbocycles. The molecule has 0 aromatic heterocycles. The number of rotatable bonds is 5. The Morgan fingerprint density at radius 1 is 1.29 bits per heavy atom. The van der Waals surface area contributed by atoms with E-state index in [1.54, 1.807) is 4.90 Å². The number of carbonyl (C=O) groups excluding carboxylic acids is 1. The number of amides is 2. The smallest absolute Gasteiger partial charge is 0.317 e. The lowest BCUT2D eigenvalue weighted by molar-refractivity contribution is -0.143. The Morgan fingerprint density at radius 3 is 2.62 bits per heavy atom. The molecule has 0 bridgehead atoms. The molecule has 2 aliphatic rings. The van der Waals surface area contributed by atoms with Gasteiger partial charge in [0.2, 0.25) is 0 Å². The highest BCUT2D eigenvalue weighted by Crippen LogP contribution is 2.51. The first kappa shape index (κ1) is 17.1. The minimum Gasteiger partial charge on any atom is -0.481 e. The number of carbonyl (C=O) groups is 2. The third kappa shape index (κ3) is 4.23. The fourth-order valence-corrected chi connectivity index (χ4v) is 4.48. The summed E-state index contributed by atoms with van der Waals surface area (Å²) >= 11 is 1.82. The molecular weight excluding hydrogens is 324 g/mol. The summed E-state index contributed by atoms with van der Waals surface area (Å²) in [5.74, 6) is -1.04. The quantitative estimate of drug-likeness (QED) is 0.858. The number of piperidine rings is 1. The first-order chi connectivity index (χ1) is 11.5. The Morgan fingerprint density at radius 2 is 2.00 bits per heavy atom.